The zero-order chi connectivity index (χ0) is 10.7. The minimum atomic E-state index is 0.552. The first-order chi connectivity index (χ1) is 7.29. The van der Waals surface area contributed by atoms with Gasteiger partial charge in [0.1, 0.15) is 0 Å². The van der Waals surface area contributed by atoms with Gasteiger partial charge in [-0.1, -0.05) is 13.3 Å². The lowest BCUT2D eigenvalue weighted by molar-refractivity contribution is 0.146. The number of halogens is 1. The Kier molecular flexibility index (Phi) is 3.75. The van der Waals surface area contributed by atoms with E-state index in [9.17, 15) is 0 Å². The minimum absolute atomic E-state index is 0.552. The van der Waals surface area contributed by atoms with Gasteiger partial charge in [-0.3, -0.25) is 0 Å². The van der Waals surface area contributed by atoms with Crippen LogP contribution >= 0.6 is 15.9 Å². The van der Waals surface area contributed by atoms with Crippen molar-refractivity contribution >= 4 is 15.9 Å². The second kappa shape index (κ2) is 5.07. The molecule has 0 spiro atoms. The van der Waals surface area contributed by atoms with Gasteiger partial charge in [0.25, 0.3) is 0 Å². The lowest BCUT2D eigenvalue weighted by Crippen LogP contribution is -2.40. The molecule has 0 N–H and O–H groups in total. The summed E-state index contributed by atoms with van der Waals surface area (Å²) in [7, 11) is 0. The Morgan fingerprint density at radius 2 is 2.40 bits per heavy atom. The molecule has 0 bridgehead atoms. The van der Waals surface area contributed by atoms with Crippen molar-refractivity contribution in [3.05, 3.63) is 10.6 Å². The zero-order valence-electron chi connectivity index (χ0n) is 8.95. The lowest BCUT2D eigenvalue weighted by Gasteiger charge is -2.33. The molecule has 1 aliphatic heterocycles. The fourth-order valence-electron chi connectivity index (χ4n) is 2.23. The summed E-state index contributed by atoms with van der Waals surface area (Å²) in [6, 6.07) is 0.580. The van der Waals surface area contributed by atoms with Crippen LogP contribution in [0.25, 0.3) is 0 Å². The highest BCUT2D eigenvalue weighted by Crippen LogP contribution is 2.20. The number of hydrogen-bond acceptors (Lipinski definition) is 4. The van der Waals surface area contributed by atoms with Crippen molar-refractivity contribution in [1.29, 1.82) is 0 Å². The predicted octanol–water partition coefficient (Wildman–Crippen LogP) is 2.25. The molecule has 0 aliphatic carbocycles. The van der Waals surface area contributed by atoms with E-state index in [1.807, 2.05) is 0 Å². The minimum Gasteiger partial charge on any atom is -0.338 e. The highest BCUT2D eigenvalue weighted by atomic mass is 79.9. The van der Waals surface area contributed by atoms with E-state index >= 15 is 0 Å². The second-order valence-corrected chi connectivity index (χ2v) is 4.65. The molecule has 1 atom stereocenters. The van der Waals surface area contributed by atoms with Crippen molar-refractivity contribution in [3.8, 4) is 0 Å². The average molecular weight is 274 g/mol. The Balaban J connectivity index is 1.97. The number of piperidine rings is 1. The average Bonchev–Trinajstić information content (AvgIpc) is 2.65. The summed E-state index contributed by atoms with van der Waals surface area (Å²) >= 11 is 3.20. The maximum Gasteiger partial charge on any atom is 0.238 e. The number of nitrogens with zero attached hydrogens (tertiary/aromatic N) is 3. The molecule has 0 radical (unpaired) electrons. The third kappa shape index (κ3) is 2.78. The summed E-state index contributed by atoms with van der Waals surface area (Å²) in [6.45, 7) is 4.53. The number of likely N-dealkylation sites (N-methyl/N-ethyl adjacent to an activating group) is 1. The largest absolute Gasteiger partial charge is 0.338 e. The van der Waals surface area contributed by atoms with E-state index in [1.165, 1.54) is 25.8 Å². The van der Waals surface area contributed by atoms with Crippen LogP contribution in [0.1, 0.15) is 32.1 Å². The molecular weight excluding hydrogens is 258 g/mol. The first-order valence-corrected chi connectivity index (χ1v) is 6.31. The van der Waals surface area contributed by atoms with Crippen LogP contribution in [-0.4, -0.2) is 34.2 Å². The standard InChI is InChI=1S/C10H16BrN3O/c1-2-14-6-4-3-5-8(14)7-9-12-10(11)13-15-9/h8H,2-7H2,1H3. The number of rotatable bonds is 3. The van der Waals surface area contributed by atoms with E-state index in [4.69, 9.17) is 4.52 Å². The van der Waals surface area contributed by atoms with Gasteiger partial charge in [-0.15, -0.1) is 0 Å². The maximum absolute atomic E-state index is 5.13. The van der Waals surface area contributed by atoms with Gasteiger partial charge >= 0.3 is 0 Å². The number of likely N-dealkylation sites (tertiary alicyclic amines) is 1. The van der Waals surface area contributed by atoms with Crippen LogP contribution in [0, 0.1) is 0 Å². The molecule has 5 heteroatoms. The third-order valence-corrected chi connectivity index (χ3v) is 3.33. The van der Waals surface area contributed by atoms with Gasteiger partial charge in [-0.2, -0.15) is 4.98 Å². The van der Waals surface area contributed by atoms with E-state index in [1.54, 1.807) is 0 Å². The van der Waals surface area contributed by atoms with Gasteiger partial charge < -0.3 is 9.42 Å². The molecule has 15 heavy (non-hydrogen) atoms. The molecule has 0 aromatic carbocycles. The highest BCUT2D eigenvalue weighted by molar-refractivity contribution is 9.10. The topological polar surface area (TPSA) is 42.2 Å². The zero-order valence-corrected chi connectivity index (χ0v) is 10.5. The molecule has 1 aromatic heterocycles. The molecule has 4 nitrogen and oxygen atoms in total. The molecule has 1 aliphatic rings. The summed E-state index contributed by atoms with van der Waals surface area (Å²) in [5, 5.41) is 3.75. The van der Waals surface area contributed by atoms with Crippen molar-refractivity contribution in [1.82, 2.24) is 15.0 Å². The normalized spacial score (nSPS) is 23.2. The molecule has 84 valence electrons. The smallest absolute Gasteiger partial charge is 0.238 e. The summed E-state index contributed by atoms with van der Waals surface area (Å²) in [5.41, 5.74) is 0. The van der Waals surface area contributed by atoms with Gasteiger partial charge in [0.2, 0.25) is 10.6 Å². The van der Waals surface area contributed by atoms with Crippen LogP contribution in [0.5, 0.6) is 0 Å². The third-order valence-electron chi connectivity index (χ3n) is 3.01. The van der Waals surface area contributed by atoms with Crippen molar-refractivity contribution in [3.63, 3.8) is 0 Å². The van der Waals surface area contributed by atoms with Gasteiger partial charge in [0, 0.05) is 12.5 Å². The first kappa shape index (κ1) is 11.1. The van der Waals surface area contributed by atoms with Gasteiger partial charge in [0.15, 0.2) is 0 Å². The lowest BCUT2D eigenvalue weighted by atomic mass is 9.99. The molecule has 0 amide bonds. The molecule has 1 unspecified atom stereocenters. The summed E-state index contributed by atoms with van der Waals surface area (Å²) in [5.74, 6) is 0.743. The van der Waals surface area contributed by atoms with Gasteiger partial charge in [-0.05, 0) is 47.0 Å². The van der Waals surface area contributed by atoms with Crippen molar-refractivity contribution in [2.45, 2.75) is 38.6 Å². The van der Waals surface area contributed by atoms with E-state index in [2.05, 4.69) is 37.9 Å². The Morgan fingerprint density at radius 3 is 3.07 bits per heavy atom. The van der Waals surface area contributed by atoms with E-state index in [0.29, 0.717) is 10.8 Å². The highest BCUT2D eigenvalue weighted by Gasteiger charge is 2.23. The fourth-order valence-corrected chi connectivity index (χ4v) is 2.50. The number of hydrogen-bond donors (Lipinski definition) is 0. The van der Waals surface area contributed by atoms with Crippen molar-refractivity contribution < 1.29 is 4.52 Å². The molecule has 1 saturated heterocycles. The van der Waals surface area contributed by atoms with E-state index < -0.39 is 0 Å². The van der Waals surface area contributed by atoms with Crippen LogP contribution < -0.4 is 0 Å². The summed E-state index contributed by atoms with van der Waals surface area (Å²) in [6.07, 6.45) is 4.76. The Morgan fingerprint density at radius 1 is 1.53 bits per heavy atom. The van der Waals surface area contributed by atoms with Crippen molar-refractivity contribution in [2.75, 3.05) is 13.1 Å². The van der Waals surface area contributed by atoms with Crippen LogP contribution in [0.4, 0.5) is 0 Å². The maximum atomic E-state index is 5.13. The van der Waals surface area contributed by atoms with Crippen LogP contribution in [0.15, 0.2) is 9.26 Å². The molecular formula is C10H16BrN3O. The van der Waals surface area contributed by atoms with Crippen LogP contribution in [0.3, 0.4) is 0 Å². The fraction of sp³-hybridized carbons (Fsp3) is 0.800. The number of aromatic nitrogens is 2. The molecule has 1 aromatic rings. The quantitative estimate of drug-likeness (QED) is 0.847. The van der Waals surface area contributed by atoms with Crippen LogP contribution in [-0.2, 0) is 6.42 Å². The van der Waals surface area contributed by atoms with E-state index in [0.717, 1.165) is 18.9 Å². The predicted molar refractivity (Wildman–Crippen MR) is 60.6 cm³/mol. The molecule has 0 saturated carbocycles. The molecule has 1 fully saturated rings. The second-order valence-electron chi connectivity index (χ2n) is 3.94. The van der Waals surface area contributed by atoms with Crippen molar-refractivity contribution in [2.24, 2.45) is 0 Å². The molecule has 2 heterocycles. The monoisotopic (exact) mass is 273 g/mol. The molecule has 2 rings (SSSR count). The first-order valence-electron chi connectivity index (χ1n) is 5.51. The van der Waals surface area contributed by atoms with E-state index in [-0.39, 0.29) is 0 Å². The van der Waals surface area contributed by atoms with Gasteiger partial charge in [0.05, 0.1) is 0 Å². The Bertz CT molecular complexity index is 315. The van der Waals surface area contributed by atoms with Crippen LogP contribution in [0.2, 0.25) is 0 Å². The summed E-state index contributed by atoms with van der Waals surface area (Å²) in [4.78, 5) is 6.69. The Hall–Kier alpha value is -0.420. The summed E-state index contributed by atoms with van der Waals surface area (Å²) < 4.78 is 5.68. The SMILES string of the molecule is CCN1CCCCC1Cc1nc(Br)no1. The van der Waals surface area contributed by atoms with Gasteiger partial charge in [-0.25, -0.2) is 0 Å². The Labute approximate surface area is 98.2 Å².